The highest BCUT2D eigenvalue weighted by molar-refractivity contribution is 5.75. The average Bonchev–Trinajstić information content (AvgIpc) is 2.72. The van der Waals surface area contributed by atoms with Crippen LogP contribution in [0, 0.1) is 11.3 Å². The summed E-state index contributed by atoms with van der Waals surface area (Å²) in [5.74, 6) is 0.427. The number of likely N-dealkylation sites (N-methyl/N-ethyl adjacent to an activating group) is 1. The number of likely N-dealkylation sites (tertiary alicyclic amines) is 1. The van der Waals surface area contributed by atoms with Crippen LogP contribution >= 0.6 is 0 Å². The van der Waals surface area contributed by atoms with Crippen molar-refractivity contribution in [1.29, 1.82) is 0 Å². The molecule has 2 amide bonds. The summed E-state index contributed by atoms with van der Waals surface area (Å²) in [6, 6.07) is 11.3. The smallest absolute Gasteiger partial charge is 0.317 e. The molecule has 180 valence electrons. The molecule has 2 aliphatic heterocycles. The summed E-state index contributed by atoms with van der Waals surface area (Å²) in [5.41, 5.74) is 1.32. The van der Waals surface area contributed by atoms with E-state index < -0.39 is 0 Å². The van der Waals surface area contributed by atoms with Crippen LogP contribution in [0.4, 0.5) is 4.79 Å². The zero-order valence-electron chi connectivity index (χ0n) is 21.4. The summed E-state index contributed by atoms with van der Waals surface area (Å²) >= 11 is 0. The molecule has 1 N–H and O–H groups in total. The van der Waals surface area contributed by atoms with E-state index in [1.807, 2.05) is 0 Å². The van der Waals surface area contributed by atoms with Crippen molar-refractivity contribution >= 4 is 6.03 Å². The Morgan fingerprint density at radius 1 is 1.03 bits per heavy atom. The van der Waals surface area contributed by atoms with Crippen LogP contribution in [0.2, 0.25) is 0 Å². The Balaban J connectivity index is 1.58. The summed E-state index contributed by atoms with van der Waals surface area (Å²) in [6.45, 7) is 17.8. The van der Waals surface area contributed by atoms with Gasteiger partial charge >= 0.3 is 6.03 Å². The largest absolute Gasteiger partial charge is 0.338 e. The fourth-order valence-electron chi connectivity index (χ4n) is 6.29. The Morgan fingerprint density at radius 2 is 1.69 bits per heavy atom. The molecule has 2 fully saturated rings. The van der Waals surface area contributed by atoms with Gasteiger partial charge in [0.1, 0.15) is 0 Å². The van der Waals surface area contributed by atoms with E-state index in [1.54, 1.807) is 0 Å². The summed E-state index contributed by atoms with van der Waals surface area (Å²) < 4.78 is 0. The first-order valence-electron chi connectivity index (χ1n) is 12.6. The van der Waals surface area contributed by atoms with Crippen LogP contribution in [-0.2, 0) is 6.42 Å². The molecule has 5 heteroatoms. The summed E-state index contributed by atoms with van der Waals surface area (Å²) in [4.78, 5) is 20.5. The maximum absolute atomic E-state index is 13.2. The van der Waals surface area contributed by atoms with Crippen LogP contribution in [0.5, 0.6) is 0 Å². The van der Waals surface area contributed by atoms with E-state index in [1.165, 1.54) is 5.56 Å². The molecule has 1 aromatic rings. The van der Waals surface area contributed by atoms with Crippen LogP contribution in [0.1, 0.15) is 59.4 Å². The van der Waals surface area contributed by atoms with Crippen molar-refractivity contribution < 1.29 is 4.79 Å². The number of nitrogens with zero attached hydrogens (tertiary/aromatic N) is 3. The second-order valence-electron chi connectivity index (χ2n) is 11.5. The number of aryl methyl sites for hydroxylation is 1. The first-order chi connectivity index (χ1) is 15.1. The van der Waals surface area contributed by atoms with Crippen LogP contribution in [0.25, 0.3) is 0 Å². The van der Waals surface area contributed by atoms with E-state index in [-0.39, 0.29) is 17.0 Å². The normalized spacial score (nSPS) is 25.0. The quantitative estimate of drug-likeness (QED) is 0.660. The Morgan fingerprint density at radius 3 is 2.31 bits per heavy atom. The molecule has 0 aromatic heterocycles. The number of benzene rings is 1. The molecule has 0 saturated carbocycles. The first kappa shape index (κ1) is 25.0. The molecule has 0 bridgehead atoms. The van der Waals surface area contributed by atoms with Gasteiger partial charge < -0.3 is 15.1 Å². The lowest BCUT2D eigenvalue weighted by atomic mass is 9.63. The number of piperidine rings is 1. The number of nitrogens with one attached hydrogen (secondary N) is 1. The van der Waals surface area contributed by atoms with Gasteiger partial charge in [-0.05, 0) is 57.6 Å². The predicted molar refractivity (Wildman–Crippen MR) is 134 cm³/mol. The van der Waals surface area contributed by atoms with E-state index >= 15 is 0 Å². The molecule has 0 radical (unpaired) electrons. The second kappa shape index (κ2) is 10.6. The molecule has 2 unspecified atom stereocenters. The first-order valence-corrected chi connectivity index (χ1v) is 12.6. The monoisotopic (exact) mass is 442 g/mol. The highest BCUT2D eigenvalue weighted by Gasteiger charge is 2.52. The fraction of sp³-hybridized carbons (Fsp3) is 0.741. The summed E-state index contributed by atoms with van der Waals surface area (Å²) in [6.07, 6.45) is 4.26. The van der Waals surface area contributed by atoms with E-state index in [9.17, 15) is 4.79 Å². The zero-order valence-corrected chi connectivity index (χ0v) is 21.4. The Kier molecular flexibility index (Phi) is 8.26. The van der Waals surface area contributed by atoms with Crippen molar-refractivity contribution in [3.8, 4) is 0 Å². The number of amides is 2. The van der Waals surface area contributed by atoms with Gasteiger partial charge in [0.2, 0.25) is 0 Å². The van der Waals surface area contributed by atoms with Gasteiger partial charge in [0, 0.05) is 56.8 Å². The minimum atomic E-state index is -0.182. The summed E-state index contributed by atoms with van der Waals surface area (Å²) in [7, 11) is 2.22. The number of piperazine rings is 1. The van der Waals surface area contributed by atoms with E-state index in [4.69, 9.17) is 0 Å². The lowest BCUT2D eigenvalue weighted by molar-refractivity contribution is -0.0725. The van der Waals surface area contributed by atoms with Crippen molar-refractivity contribution in [2.75, 3.05) is 46.3 Å². The SMILES string of the molecule is CN1CCN(C2CCN(C(=O)NCCCCc3ccccc3)C(C)(C)C2C(C)(C)C)CC1. The number of urea groups is 1. The van der Waals surface area contributed by atoms with Crippen LogP contribution in [0.15, 0.2) is 30.3 Å². The third-order valence-electron chi connectivity index (χ3n) is 7.69. The molecule has 2 atom stereocenters. The fourth-order valence-corrected chi connectivity index (χ4v) is 6.29. The topological polar surface area (TPSA) is 38.8 Å². The molecule has 0 spiro atoms. The highest BCUT2D eigenvalue weighted by atomic mass is 16.2. The number of carbonyl (C=O) groups excluding carboxylic acids is 1. The van der Waals surface area contributed by atoms with Gasteiger partial charge in [0.15, 0.2) is 0 Å². The molecular formula is C27H46N4O. The average molecular weight is 443 g/mol. The zero-order chi connectivity index (χ0) is 23.4. The molecule has 3 rings (SSSR count). The van der Waals surface area contributed by atoms with E-state index in [2.05, 4.69) is 92.0 Å². The molecule has 5 nitrogen and oxygen atoms in total. The maximum Gasteiger partial charge on any atom is 0.317 e. The van der Waals surface area contributed by atoms with Gasteiger partial charge in [0.05, 0.1) is 0 Å². The van der Waals surface area contributed by atoms with Gasteiger partial charge in [0.25, 0.3) is 0 Å². The second-order valence-corrected chi connectivity index (χ2v) is 11.5. The van der Waals surface area contributed by atoms with Crippen molar-refractivity contribution in [3.05, 3.63) is 35.9 Å². The minimum Gasteiger partial charge on any atom is -0.338 e. The third kappa shape index (κ3) is 6.05. The molecule has 32 heavy (non-hydrogen) atoms. The number of carbonyl (C=O) groups is 1. The molecule has 2 saturated heterocycles. The lowest BCUT2D eigenvalue weighted by Gasteiger charge is -2.58. The number of unbranched alkanes of at least 4 members (excludes halogenated alkanes) is 1. The van der Waals surface area contributed by atoms with Gasteiger partial charge in [-0.15, -0.1) is 0 Å². The number of hydrogen-bond donors (Lipinski definition) is 1. The van der Waals surface area contributed by atoms with Crippen LogP contribution < -0.4 is 5.32 Å². The van der Waals surface area contributed by atoms with Crippen molar-refractivity contribution in [1.82, 2.24) is 20.0 Å². The molecule has 0 aliphatic carbocycles. The highest BCUT2D eigenvalue weighted by Crippen LogP contribution is 2.46. The third-order valence-corrected chi connectivity index (χ3v) is 7.69. The number of hydrogen-bond acceptors (Lipinski definition) is 3. The van der Waals surface area contributed by atoms with Crippen molar-refractivity contribution in [3.63, 3.8) is 0 Å². The Bertz CT molecular complexity index is 719. The van der Waals surface area contributed by atoms with E-state index in [0.29, 0.717) is 12.0 Å². The van der Waals surface area contributed by atoms with Crippen LogP contribution in [0.3, 0.4) is 0 Å². The summed E-state index contributed by atoms with van der Waals surface area (Å²) in [5, 5.41) is 3.23. The minimum absolute atomic E-state index is 0.112. The molecule has 2 heterocycles. The molecule has 2 aliphatic rings. The van der Waals surface area contributed by atoms with Gasteiger partial charge in [-0.2, -0.15) is 0 Å². The van der Waals surface area contributed by atoms with Crippen molar-refractivity contribution in [2.45, 2.75) is 71.9 Å². The van der Waals surface area contributed by atoms with Crippen molar-refractivity contribution in [2.24, 2.45) is 11.3 Å². The van der Waals surface area contributed by atoms with Gasteiger partial charge in [-0.3, -0.25) is 4.90 Å². The molecule has 1 aromatic carbocycles. The standard InChI is InChI=1S/C27H46N4O/c1-26(2,3)24-23(30-20-18-29(6)19-21-30)15-17-31(27(24,4)5)25(32)28-16-11-10-14-22-12-8-7-9-13-22/h7-9,12-13,23-24H,10-11,14-21H2,1-6H3,(H,28,32). The predicted octanol–water partition coefficient (Wildman–Crippen LogP) is 4.48. The molecular weight excluding hydrogens is 396 g/mol. The van der Waals surface area contributed by atoms with E-state index in [0.717, 1.165) is 65.0 Å². The van der Waals surface area contributed by atoms with Gasteiger partial charge in [-0.25, -0.2) is 4.79 Å². The maximum atomic E-state index is 13.2. The lowest BCUT2D eigenvalue weighted by Crippen LogP contribution is -2.68. The Labute approximate surface area is 196 Å². The Hall–Kier alpha value is -1.59. The number of rotatable bonds is 6. The van der Waals surface area contributed by atoms with Crippen LogP contribution in [-0.4, -0.2) is 78.6 Å². The van der Waals surface area contributed by atoms with Gasteiger partial charge in [-0.1, -0.05) is 51.1 Å².